The standard InChI is InChI=1S/C17H24N4S2/c1-13-7-11-22-15(13)12-19-17(18-2)20-14-5-8-21(9-6-14)16-4-3-10-23-16/h3-4,7,10-11,14H,5-6,8-9,12H2,1-2H3,(H2,18,19,20). The number of piperidine rings is 1. The molecule has 2 N–H and O–H groups in total. The van der Waals surface area contributed by atoms with Crippen LogP contribution in [-0.4, -0.2) is 32.1 Å². The number of guanidine groups is 1. The fourth-order valence-electron chi connectivity index (χ4n) is 2.83. The SMILES string of the molecule is CN=C(NCc1sccc1C)NC1CCN(c2cccs2)CC1. The Morgan fingerprint density at radius 2 is 2.09 bits per heavy atom. The van der Waals surface area contributed by atoms with Crippen molar-refractivity contribution in [2.45, 2.75) is 32.4 Å². The maximum atomic E-state index is 4.37. The van der Waals surface area contributed by atoms with Gasteiger partial charge < -0.3 is 15.5 Å². The van der Waals surface area contributed by atoms with Crippen LogP contribution in [0.5, 0.6) is 0 Å². The summed E-state index contributed by atoms with van der Waals surface area (Å²) in [5.74, 6) is 0.910. The monoisotopic (exact) mass is 348 g/mol. The molecule has 2 aromatic heterocycles. The van der Waals surface area contributed by atoms with E-state index in [-0.39, 0.29) is 0 Å². The third-order valence-corrected chi connectivity index (χ3v) is 6.21. The van der Waals surface area contributed by atoms with Gasteiger partial charge in [0.25, 0.3) is 0 Å². The molecule has 1 aliphatic rings. The predicted molar refractivity (Wildman–Crippen MR) is 102 cm³/mol. The fraction of sp³-hybridized carbons (Fsp3) is 0.471. The van der Waals surface area contributed by atoms with Crippen molar-refractivity contribution in [3.05, 3.63) is 39.4 Å². The van der Waals surface area contributed by atoms with Crippen molar-refractivity contribution in [3.8, 4) is 0 Å². The molecule has 0 atom stereocenters. The van der Waals surface area contributed by atoms with Crippen molar-refractivity contribution >= 4 is 33.6 Å². The van der Waals surface area contributed by atoms with Crippen molar-refractivity contribution in [3.63, 3.8) is 0 Å². The molecule has 0 radical (unpaired) electrons. The van der Waals surface area contributed by atoms with E-state index in [1.807, 2.05) is 18.4 Å². The van der Waals surface area contributed by atoms with Gasteiger partial charge in [0.15, 0.2) is 5.96 Å². The van der Waals surface area contributed by atoms with E-state index < -0.39 is 0 Å². The summed E-state index contributed by atoms with van der Waals surface area (Å²) in [5, 5.41) is 12.7. The normalized spacial score (nSPS) is 16.6. The maximum Gasteiger partial charge on any atom is 0.191 e. The molecule has 0 bridgehead atoms. The molecular weight excluding hydrogens is 324 g/mol. The Morgan fingerprint density at radius 3 is 2.70 bits per heavy atom. The van der Waals surface area contributed by atoms with Crippen LogP contribution in [0.1, 0.15) is 23.3 Å². The number of anilines is 1. The predicted octanol–water partition coefficient (Wildman–Crippen LogP) is 3.45. The van der Waals surface area contributed by atoms with E-state index in [0.717, 1.165) is 38.4 Å². The Kier molecular flexibility index (Phi) is 5.56. The number of rotatable bonds is 4. The lowest BCUT2D eigenvalue weighted by Crippen LogP contribution is -2.48. The average molecular weight is 349 g/mol. The molecule has 2 aromatic rings. The van der Waals surface area contributed by atoms with Gasteiger partial charge in [-0.3, -0.25) is 4.99 Å². The van der Waals surface area contributed by atoms with Gasteiger partial charge in [0.2, 0.25) is 0 Å². The quantitative estimate of drug-likeness (QED) is 0.657. The minimum absolute atomic E-state index is 0.502. The van der Waals surface area contributed by atoms with Gasteiger partial charge in [-0.15, -0.1) is 22.7 Å². The summed E-state index contributed by atoms with van der Waals surface area (Å²) in [7, 11) is 1.84. The van der Waals surface area contributed by atoms with Crippen LogP contribution in [0.15, 0.2) is 34.0 Å². The van der Waals surface area contributed by atoms with Crippen LogP contribution < -0.4 is 15.5 Å². The Morgan fingerprint density at radius 1 is 1.26 bits per heavy atom. The summed E-state index contributed by atoms with van der Waals surface area (Å²) in [6.07, 6.45) is 2.30. The third kappa shape index (κ3) is 4.26. The average Bonchev–Trinajstić information content (AvgIpc) is 3.24. The number of thiophene rings is 2. The summed E-state index contributed by atoms with van der Waals surface area (Å²) >= 11 is 3.62. The molecule has 3 heterocycles. The zero-order chi connectivity index (χ0) is 16.1. The lowest BCUT2D eigenvalue weighted by molar-refractivity contribution is 0.463. The molecule has 3 rings (SSSR count). The van der Waals surface area contributed by atoms with Gasteiger partial charge in [0.1, 0.15) is 0 Å². The Bertz CT molecular complexity index is 625. The molecule has 0 unspecified atom stereocenters. The molecule has 0 aliphatic carbocycles. The Balaban J connectivity index is 1.46. The van der Waals surface area contributed by atoms with Crippen molar-refractivity contribution in [2.24, 2.45) is 4.99 Å². The highest BCUT2D eigenvalue weighted by atomic mass is 32.1. The zero-order valence-electron chi connectivity index (χ0n) is 13.7. The topological polar surface area (TPSA) is 39.7 Å². The summed E-state index contributed by atoms with van der Waals surface area (Å²) in [6.45, 7) is 5.22. The van der Waals surface area contributed by atoms with E-state index in [1.54, 1.807) is 11.3 Å². The summed E-state index contributed by atoms with van der Waals surface area (Å²) in [5.41, 5.74) is 1.35. The van der Waals surface area contributed by atoms with Gasteiger partial charge in [-0.25, -0.2) is 0 Å². The lowest BCUT2D eigenvalue weighted by atomic mass is 10.1. The number of aliphatic imine (C=N–C) groups is 1. The summed E-state index contributed by atoms with van der Waals surface area (Å²) < 4.78 is 0. The first-order chi connectivity index (χ1) is 11.3. The first-order valence-electron chi connectivity index (χ1n) is 8.05. The first kappa shape index (κ1) is 16.3. The van der Waals surface area contributed by atoms with Crippen LogP contribution >= 0.6 is 22.7 Å². The van der Waals surface area contributed by atoms with E-state index in [2.05, 4.69) is 56.4 Å². The second kappa shape index (κ2) is 7.84. The fourth-order valence-corrected chi connectivity index (χ4v) is 4.46. The maximum absolute atomic E-state index is 4.37. The molecule has 0 aromatic carbocycles. The third-order valence-electron chi connectivity index (χ3n) is 4.26. The van der Waals surface area contributed by atoms with Gasteiger partial charge in [-0.05, 0) is 54.3 Å². The van der Waals surface area contributed by atoms with E-state index in [1.165, 1.54) is 15.4 Å². The first-order valence-corrected chi connectivity index (χ1v) is 9.81. The molecule has 1 fully saturated rings. The van der Waals surface area contributed by atoms with Crippen LogP contribution in [-0.2, 0) is 6.54 Å². The van der Waals surface area contributed by atoms with Crippen LogP contribution in [0.3, 0.4) is 0 Å². The highest BCUT2D eigenvalue weighted by Crippen LogP contribution is 2.24. The van der Waals surface area contributed by atoms with E-state index in [9.17, 15) is 0 Å². The van der Waals surface area contributed by atoms with Crippen molar-refractivity contribution in [2.75, 3.05) is 25.0 Å². The molecule has 23 heavy (non-hydrogen) atoms. The van der Waals surface area contributed by atoms with Gasteiger partial charge >= 0.3 is 0 Å². The largest absolute Gasteiger partial charge is 0.363 e. The Hall–Kier alpha value is -1.53. The highest BCUT2D eigenvalue weighted by Gasteiger charge is 2.20. The van der Waals surface area contributed by atoms with Crippen molar-refractivity contribution in [1.29, 1.82) is 0 Å². The van der Waals surface area contributed by atoms with Crippen LogP contribution in [0.25, 0.3) is 0 Å². The van der Waals surface area contributed by atoms with Crippen molar-refractivity contribution in [1.82, 2.24) is 10.6 Å². The molecular formula is C17H24N4S2. The van der Waals surface area contributed by atoms with Gasteiger partial charge in [-0.1, -0.05) is 0 Å². The minimum atomic E-state index is 0.502. The molecule has 0 saturated carbocycles. The second-order valence-electron chi connectivity index (χ2n) is 5.81. The second-order valence-corrected chi connectivity index (χ2v) is 7.74. The van der Waals surface area contributed by atoms with E-state index >= 15 is 0 Å². The molecule has 124 valence electrons. The Labute approximate surface area is 146 Å². The minimum Gasteiger partial charge on any atom is -0.363 e. The van der Waals surface area contributed by atoms with E-state index in [0.29, 0.717) is 6.04 Å². The number of nitrogens with zero attached hydrogens (tertiary/aromatic N) is 2. The van der Waals surface area contributed by atoms with E-state index in [4.69, 9.17) is 0 Å². The lowest BCUT2D eigenvalue weighted by Gasteiger charge is -2.33. The van der Waals surface area contributed by atoms with Crippen LogP contribution in [0.2, 0.25) is 0 Å². The molecule has 1 saturated heterocycles. The molecule has 0 amide bonds. The van der Waals surface area contributed by atoms with Crippen LogP contribution in [0, 0.1) is 6.92 Å². The smallest absolute Gasteiger partial charge is 0.191 e. The molecule has 0 spiro atoms. The summed E-state index contributed by atoms with van der Waals surface area (Å²) in [4.78, 5) is 8.22. The highest BCUT2D eigenvalue weighted by molar-refractivity contribution is 7.14. The van der Waals surface area contributed by atoms with Gasteiger partial charge in [-0.2, -0.15) is 0 Å². The zero-order valence-corrected chi connectivity index (χ0v) is 15.3. The van der Waals surface area contributed by atoms with Crippen molar-refractivity contribution < 1.29 is 0 Å². The molecule has 1 aliphatic heterocycles. The number of nitrogens with one attached hydrogen (secondary N) is 2. The number of hydrogen-bond acceptors (Lipinski definition) is 4. The van der Waals surface area contributed by atoms with Crippen LogP contribution in [0.4, 0.5) is 5.00 Å². The molecule has 4 nitrogen and oxygen atoms in total. The number of hydrogen-bond donors (Lipinski definition) is 2. The number of aryl methyl sites for hydroxylation is 1. The molecule has 6 heteroatoms. The van der Waals surface area contributed by atoms with Gasteiger partial charge in [0, 0.05) is 31.1 Å². The van der Waals surface area contributed by atoms with Gasteiger partial charge in [0.05, 0.1) is 11.5 Å². The summed E-state index contributed by atoms with van der Waals surface area (Å²) in [6, 6.07) is 7.00.